The normalized spacial score (nSPS) is 5.45. The van der Waals surface area contributed by atoms with E-state index in [0.717, 1.165) is 0 Å². The van der Waals surface area contributed by atoms with Crippen molar-refractivity contribution in [2.24, 2.45) is 0 Å². The van der Waals surface area contributed by atoms with Gasteiger partial charge >= 0.3 is 23.3 Å². The molecule has 0 saturated heterocycles. The molecule has 3 nitrogen and oxygen atoms in total. The van der Waals surface area contributed by atoms with Crippen LogP contribution in [-0.4, -0.2) is 4.98 Å². The molecule has 0 spiro atoms. The molecule has 1 rings (SSSR count). The van der Waals surface area contributed by atoms with Crippen LogP contribution in [0.25, 0.3) is 0 Å². The molecule has 1 heterocycles. The van der Waals surface area contributed by atoms with E-state index < -0.39 is 0 Å². The molecular weight excluding hydrogens is 318 g/mol. The van der Waals surface area contributed by atoms with Crippen LogP contribution in [-0.2, 0) is 14.6 Å². The number of aromatic nitrogens is 1. The fraction of sp³-hybridized carbons (Fsp3) is 0. The summed E-state index contributed by atoms with van der Waals surface area (Å²) in [6.07, 6.45) is 3.50. The maximum atomic E-state index is 5.88. The topological polar surface area (TPSA) is 60.6 Å². The maximum absolute atomic E-state index is 5.88. The SMILES string of the molecule is [Br-].[Br-].[NH]=[Fe+2]=[NH].c1ccncc1. The largest absolute Gasteiger partial charge is 0.265 e. The Hall–Kier alpha value is 0.229. The van der Waals surface area contributed by atoms with Gasteiger partial charge in [-0.1, -0.05) is 6.07 Å². The third-order valence-electron chi connectivity index (χ3n) is 0.566. The van der Waals surface area contributed by atoms with Gasteiger partial charge in [0.1, 0.15) is 0 Å². The van der Waals surface area contributed by atoms with Crippen LogP contribution in [0.15, 0.2) is 30.6 Å². The van der Waals surface area contributed by atoms with Crippen LogP contribution in [0.5, 0.6) is 0 Å². The average Bonchev–Trinajstić information content (AvgIpc) is 1.93. The van der Waals surface area contributed by atoms with E-state index in [4.69, 9.17) is 8.76 Å². The molecule has 2 N–H and O–H groups in total. The van der Waals surface area contributed by atoms with Crippen LogP contribution in [0.2, 0.25) is 0 Å². The molecule has 0 bridgehead atoms. The minimum absolute atomic E-state index is 0. The molecule has 0 amide bonds. The third kappa shape index (κ3) is 17.9. The summed E-state index contributed by atoms with van der Waals surface area (Å²) in [6, 6.07) is 5.72. The first-order chi connectivity index (χ1) is 4.41. The van der Waals surface area contributed by atoms with E-state index >= 15 is 0 Å². The predicted molar refractivity (Wildman–Crippen MR) is 29.7 cm³/mol. The minimum Gasteiger partial charge on any atom is -0.265 e. The molecule has 0 aliphatic rings. The van der Waals surface area contributed by atoms with Crippen molar-refractivity contribution in [1.29, 1.82) is 8.76 Å². The summed E-state index contributed by atoms with van der Waals surface area (Å²) >= 11 is -0.250. The standard InChI is InChI=1S/C5H5N.2BrH.Fe.2HN/c1-2-4-6-5-3-1;;;;;/h1-5H;2*1H;;2*1H/q;;;+2;;/p-2. The Balaban J connectivity index is -0.000000116. The molecule has 1 aromatic heterocycles. The number of nitrogens with one attached hydrogen (secondary N) is 2. The van der Waals surface area contributed by atoms with Crippen LogP contribution < -0.4 is 34.0 Å². The Labute approximate surface area is 92.5 Å². The zero-order valence-corrected chi connectivity index (χ0v) is 9.72. The molecular formula is C5H7Br2FeN3. The van der Waals surface area contributed by atoms with E-state index in [9.17, 15) is 0 Å². The van der Waals surface area contributed by atoms with E-state index in [2.05, 4.69) is 4.98 Å². The summed E-state index contributed by atoms with van der Waals surface area (Å²) in [4.78, 5) is 3.78. The maximum Gasteiger partial charge on any atom is 0.0267 e. The Morgan fingerprint density at radius 2 is 1.27 bits per heavy atom. The molecule has 11 heavy (non-hydrogen) atoms. The van der Waals surface area contributed by atoms with E-state index in [1.165, 1.54) is 0 Å². The molecule has 0 saturated carbocycles. The van der Waals surface area contributed by atoms with Gasteiger partial charge in [-0.25, -0.2) is 0 Å². The second-order valence-corrected chi connectivity index (χ2v) is 1.39. The first-order valence-corrected chi connectivity index (χ1v) is 3.31. The van der Waals surface area contributed by atoms with Gasteiger partial charge in [0.25, 0.3) is 0 Å². The van der Waals surface area contributed by atoms with Crippen molar-refractivity contribution in [3.8, 4) is 0 Å². The van der Waals surface area contributed by atoms with Gasteiger partial charge in [0, 0.05) is 12.4 Å². The van der Waals surface area contributed by atoms with Crippen molar-refractivity contribution < 1.29 is 48.5 Å². The molecule has 64 valence electrons. The molecule has 0 radical (unpaired) electrons. The molecule has 1 aromatic rings. The summed E-state index contributed by atoms with van der Waals surface area (Å²) in [5, 5.41) is 0. The number of hydrogen-bond donors (Lipinski definition) is 2. The zero-order valence-electron chi connectivity index (χ0n) is 5.44. The van der Waals surface area contributed by atoms with Crippen LogP contribution in [0.4, 0.5) is 0 Å². The molecule has 6 heteroatoms. The molecule has 0 aliphatic heterocycles. The average molecular weight is 325 g/mol. The van der Waals surface area contributed by atoms with Gasteiger partial charge in [-0.05, 0) is 12.1 Å². The summed E-state index contributed by atoms with van der Waals surface area (Å²) in [6.45, 7) is 0. The van der Waals surface area contributed by atoms with Crippen molar-refractivity contribution >= 4 is 0 Å². The fourth-order valence-corrected chi connectivity index (χ4v) is 0.313. The fourth-order valence-electron chi connectivity index (χ4n) is 0.313. The number of rotatable bonds is 0. The third-order valence-corrected chi connectivity index (χ3v) is 0.566. The molecule has 0 atom stereocenters. The molecule has 0 aliphatic carbocycles. The summed E-state index contributed by atoms with van der Waals surface area (Å²) in [5.74, 6) is 0. The van der Waals surface area contributed by atoms with Crippen molar-refractivity contribution in [3.05, 3.63) is 30.6 Å². The Kier molecular flexibility index (Phi) is 26.3. The number of hydrogen-bond acceptors (Lipinski definition) is 3. The Morgan fingerprint density at radius 1 is 0.909 bits per heavy atom. The van der Waals surface area contributed by atoms with E-state index in [1.807, 2.05) is 18.2 Å². The second kappa shape index (κ2) is 16.7. The minimum atomic E-state index is -0.250. The Morgan fingerprint density at radius 3 is 1.36 bits per heavy atom. The van der Waals surface area contributed by atoms with Crippen LogP contribution in [0.1, 0.15) is 0 Å². The van der Waals surface area contributed by atoms with Gasteiger partial charge in [-0.15, -0.1) is 0 Å². The van der Waals surface area contributed by atoms with Crippen molar-refractivity contribution in [2.45, 2.75) is 0 Å². The van der Waals surface area contributed by atoms with Gasteiger partial charge in [0.2, 0.25) is 0 Å². The van der Waals surface area contributed by atoms with Gasteiger partial charge in [0.05, 0.1) is 0 Å². The quantitative estimate of drug-likeness (QED) is 0.466. The smallest absolute Gasteiger partial charge is 0.0267 e. The summed E-state index contributed by atoms with van der Waals surface area (Å²) in [5.41, 5.74) is 0. The number of halogens is 2. The van der Waals surface area contributed by atoms with Crippen molar-refractivity contribution in [3.63, 3.8) is 0 Å². The second-order valence-electron chi connectivity index (χ2n) is 1.11. The monoisotopic (exact) mass is 323 g/mol. The van der Waals surface area contributed by atoms with Crippen LogP contribution >= 0.6 is 0 Å². The van der Waals surface area contributed by atoms with Crippen molar-refractivity contribution in [1.82, 2.24) is 4.98 Å². The van der Waals surface area contributed by atoms with Gasteiger partial charge in [-0.3, -0.25) is 4.98 Å². The molecule has 0 aromatic carbocycles. The van der Waals surface area contributed by atoms with Crippen LogP contribution in [0, 0.1) is 8.76 Å². The number of pyridine rings is 1. The zero-order chi connectivity index (χ0) is 6.95. The van der Waals surface area contributed by atoms with E-state index in [1.54, 1.807) is 12.4 Å². The van der Waals surface area contributed by atoms with E-state index in [0.29, 0.717) is 0 Å². The van der Waals surface area contributed by atoms with Gasteiger partial charge in [-0.2, -0.15) is 0 Å². The predicted octanol–water partition coefficient (Wildman–Crippen LogP) is -4.32. The first kappa shape index (κ1) is 17.4. The van der Waals surface area contributed by atoms with Gasteiger partial charge in [0.15, 0.2) is 0 Å². The van der Waals surface area contributed by atoms with Gasteiger partial charge < -0.3 is 34.0 Å². The Bertz CT molecular complexity index is 150. The number of nitrogens with zero attached hydrogens (tertiary/aromatic N) is 1. The first-order valence-electron chi connectivity index (χ1n) is 2.20. The summed E-state index contributed by atoms with van der Waals surface area (Å²) in [7, 11) is 0. The van der Waals surface area contributed by atoms with E-state index in [-0.39, 0.29) is 48.5 Å². The summed E-state index contributed by atoms with van der Waals surface area (Å²) < 4.78 is 11.8. The van der Waals surface area contributed by atoms with Crippen LogP contribution in [0.3, 0.4) is 0 Å². The molecule has 0 unspecified atom stereocenters. The van der Waals surface area contributed by atoms with Crippen molar-refractivity contribution in [2.75, 3.05) is 0 Å². The molecule has 0 fully saturated rings.